The van der Waals surface area contributed by atoms with Gasteiger partial charge in [0.15, 0.2) is 0 Å². The smallest absolute Gasteiger partial charge is 0.137 e. The van der Waals surface area contributed by atoms with Crippen molar-refractivity contribution in [3.05, 3.63) is 10.6 Å². The fraction of sp³-hybridized carbons (Fsp3) is 0.727. The molecule has 13 heavy (non-hydrogen) atoms. The normalized spacial score (nSPS) is 60.7. The number of carbonyl (C=O) groups is 1. The highest BCUT2D eigenvalue weighted by molar-refractivity contribution is 9.11. The molecule has 68 valence electrons. The van der Waals surface area contributed by atoms with Crippen LogP contribution in [0, 0.1) is 35.5 Å². The zero-order valence-corrected chi connectivity index (χ0v) is 8.83. The summed E-state index contributed by atoms with van der Waals surface area (Å²) < 4.78 is 1.35. The first-order valence-electron chi connectivity index (χ1n) is 5.17. The fourth-order valence-electron chi connectivity index (χ4n) is 4.59. The van der Waals surface area contributed by atoms with Crippen molar-refractivity contribution >= 4 is 21.7 Å². The Hall–Kier alpha value is -0.110. The Bertz CT molecular complexity index is 346. The molecule has 0 unspecified atom stereocenters. The number of ketones is 1. The molecule has 0 amide bonds. The Morgan fingerprint density at radius 2 is 2.08 bits per heavy atom. The van der Waals surface area contributed by atoms with Gasteiger partial charge in [0, 0.05) is 18.3 Å². The molecule has 0 heterocycles. The van der Waals surface area contributed by atoms with Crippen molar-refractivity contribution in [3.8, 4) is 0 Å². The lowest BCUT2D eigenvalue weighted by Crippen LogP contribution is -2.24. The fourth-order valence-corrected chi connectivity index (χ4v) is 5.52. The second kappa shape index (κ2) is 1.95. The predicted molar refractivity (Wildman–Crippen MR) is 52.2 cm³/mol. The number of rotatable bonds is 0. The van der Waals surface area contributed by atoms with E-state index in [1.54, 1.807) is 0 Å². The molecule has 4 aliphatic carbocycles. The van der Waals surface area contributed by atoms with Gasteiger partial charge in [0.25, 0.3) is 0 Å². The van der Waals surface area contributed by atoms with Gasteiger partial charge in [0.1, 0.15) is 5.78 Å². The van der Waals surface area contributed by atoms with E-state index in [-0.39, 0.29) is 0 Å². The second-order valence-corrected chi connectivity index (χ2v) is 5.99. The van der Waals surface area contributed by atoms with E-state index < -0.39 is 0 Å². The molecule has 4 aliphatic rings. The molecule has 0 radical (unpaired) electrons. The highest BCUT2D eigenvalue weighted by Gasteiger charge is 2.66. The van der Waals surface area contributed by atoms with Crippen LogP contribution < -0.4 is 0 Å². The Morgan fingerprint density at radius 1 is 1.23 bits per heavy atom. The van der Waals surface area contributed by atoms with Crippen molar-refractivity contribution in [1.29, 1.82) is 0 Å². The highest BCUT2D eigenvalue weighted by Crippen LogP contribution is 2.69. The van der Waals surface area contributed by atoms with Crippen molar-refractivity contribution in [2.24, 2.45) is 35.5 Å². The van der Waals surface area contributed by atoms with E-state index in [1.807, 2.05) is 0 Å². The number of Topliss-reactive ketones (excluding diaryl/α,β-unsaturated/α-hetero) is 1. The van der Waals surface area contributed by atoms with E-state index in [0.29, 0.717) is 17.6 Å². The topological polar surface area (TPSA) is 17.1 Å². The third-order valence-corrected chi connectivity index (χ3v) is 5.66. The van der Waals surface area contributed by atoms with Gasteiger partial charge in [0.05, 0.1) is 0 Å². The quantitative estimate of drug-likeness (QED) is 0.634. The first-order valence-corrected chi connectivity index (χ1v) is 5.96. The van der Waals surface area contributed by atoms with Crippen molar-refractivity contribution in [2.75, 3.05) is 0 Å². The van der Waals surface area contributed by atoms with E-state index in [0.717, 1.165) is 30.1 Å². The summed E-state index contributed by atoms with van der Waals surface area (Å²) in [7, 11) is 0. The zero-order valence-electron chi connectivity index (χ0n) is 7.24. The monoisotopic (exact) mass is 238 g/mol. The zero-order chi connectivity index (χ0) is 8.74. The van der Waals surface area contributed by atoms with E-state index in [2.05, 4.69) is 22.0 Å². The van der Waals surface area contributed by atoms with Crippen LogP contribution in [0.25, 0.3) is 0 Å². The van der Waals surface area contributed by atoms with Gasteiger partial charge in [0.2, 0.25) is 0 Å². The summed E-state index contributed by atoms with van der Waals surface area (Å²) in [5.41, 5.74) is 0. The maximum Gasteiger partial charge on any atom is 0.137 e. The van der Waals surface area contributed by atoms with Crippen LogP contribution in [0.2, 0.25) is 0 Å². The van der Waals surface area contributed by atoms with Crippen molar-refractivity contribution < 1.29 is 4.79 Å². The summed E-state index contributed by atoms with van der Waals surface area (Å²) in [5, 5.41) is 0. The number of carbonyl (C=O) groups excluding carboxylic acids is 1. The molecule has 0 saturated heterocycles. The predicted octanol–water partition coefficient (Wildman–Crippen LogP) is 2.37. The lowest BCUT2D eigenvalue weighted by Gasteiger charge is -2.25. The standard InChI is InChI=1S/C11H11BrO/c12-8-2-4-5-3-9(13)11-7(5)1-6(4)10(8)11/h2,4-7,10-11H,1,3H2/t4-,5+,6-,7+,10+,11-/m0/s1. The summed E-state index contributed by atoms with van der Waals surface area (Å²) in [4.78, 5) is 11.8. The number of halogens is 1. The van der Waals surface area contributed by atoms with Crippen LogP contribution >= 0.6 is 15.9 Å². The van der Waals surface area contributed by atoms with Crippen molar-refractivity contribution in [3.63, 3.8) is 0 Å². The molecule has 0 aromatic heterocycles. The second-order valence-electron chi connectivity index (χ2n) is 5.08. The molecule has 0 N–H and O–H groups in total. The van der Waals surface area contributed by atoms with Crippen molar-refractivity contribution in [2.45, 2.75) is 12.8 Å². The number of hydrogen-bond donors (Lipinski definition) is 0. The lowest BCUT2D eigenvalue weighted by molar-refractivity contribution is -0.121. The molecule has 0 aliphatic heterocycles. The Balaban J connectivity index is 1.96. The van der Waals surface area contributed by atoms with Gasteiger partial charge < -0.3 is 0 Å². The average molecular weight is 239 g/mol. The first kappa shape index (κ1) is 7.22. The van der Waals surface area contributed by atoms with Gasteiger partial charge in [-0.1, -0.05) is 22.0 Å². The summed E-state index contributed by atoms with van der Waals surface area (Å²) in [6.07, 6.45) is 4.64. The number of fused-ring (bicyclic) bond motifs is 2. The van der Waals surface area contributed by atoms with Gasteiger partial charge >= 0.3 is 0 Å². The van der Waals surface area contributed by atoms with E-state index in [9.17, 15) is 4.79 Å². The maximum absolute atomic E-state index is 11.8. The molecule has 3 fully saturated rings. The molecule has 3 saturated carbocycles. The lowest BCUT2D eigenvalue weighted by atomic mass is 9.79. The van der Waals surface area contributed by atoms with Crippen molar-refractivity contribution in [1.82, 2.24) is 0 Å². The summed E-state index contributed by atoms with van der Waals surface area (Å²) in [6.45, 7) is 0. The molecular formula is C11H11BrO. The molecule has 4 rings (SSSR count). The first-order chi connectivity index (χ1) is 6.27. The highest BCUT2D eigenvalue weighted by atomic mass is 79.9. The van der Waals surface area contributed by atoms with Crippen LogP contribution in [0.5, 0.6) is 0 Å². The summed E-state index contributed by atoms with van der Waals surface area (Å²) >= 11 is 3.65. The van der Waals surface area contributed by atoms with Gasteiger partial charge in [-0.2, -0.15) is 0 Å². The van der Waals surface area contributed by atoms with Crippen LogP contribution in [0.3, 0.4) is 0 Å². The average Bonchev–Trinajstić information content (AvgIpc) is 2.67. The van der Waals surface area contributed by atoms with Crippen LogP contribution in [0.1, 0.15) is 12.8 Å². The molecule has 2 bridgehead atoms. The molecular weight excluding hydrogens is 228 g/mol. The molecule has 1 nitrogen and oxygen atoms in total. The molecule has 0 aromatic carbocycles. The summed E-state index contributed by atoms with van der Waals surface area (Å²) in [5.74, 6) is 4.66. The van der Waals surface area contributed by atoms with E-state index in [4.69, 9.17) is 0 Å². The largest absolute Gasteiger partial charge is 0.299 e. The van der Waals surface area contributed by atoms with Gasteiger partial charge in [-0.3, -0.25) is 4.79 Å². The van der Waals surface area contributed by atoms with Crippen LogP contribution in [0.4, 0.5) is 0 Å². The molecule has 0 aromatic rings. The summed E-state index contributed by atoms with van der Waals surface area (Å²) in [6, 6.07) is 0. The van der Waals surface area contributed by atoms with Gasteiger partial charge in [-0.05, 0) is 34.6 Å². The Kier molecular flexibility index (Phi) is 1.08. The third kappa shape index (κ3) is 0.604. The maximum atomic E-state index is 11.8. The molecule has 6 atom stereocenters. The van der Waals surface area contributed by atoms with Gasteiger partial charge in [-0.25, -0.2) is 0 Å². The number of allylic oxidation sites excluding steroid dienone is 2. The number of hydrogen-bond acceptors (Lipinski definition) is 1. The van der Waals surface area contributed by atoms with Crippen LogP contribution in [-0.2, 0) is 4.79 Å². The third-order valence-electron chi connectivity index (χ3n) is 4.87. The van der Waals surface area contributed by atoms with E-state index >= 15 is 0 Å². The Labute approximate surface area is 85.7 Å². The molecule has 0 spiro atoms. The minimum absolute atomic E-state index is 0.416. The molecule has 2 heteroatoms. The minimum Gasteiger partial charge on any atom is -0.299 e. The van der Waals surface area contributed by atoms with E-state index in [1.165, 1.54) is 10.9 Å². The van der Waals surface area contributed by atoms with Crippen LogP contribution in [0.15, 0.2) is 10.6 Å². The van der Waals surface area contributed by atoms with Crippen LogP contribution in [-0.4, -0.2) is 5.78 Å². The minimum atomic E-state index is 0.416. The van der Waals surface area contributed by atoms with Gasteiger partial charge in [-0.15, -0.1) is 0 Å². The SMILES string of the molecule is O=C1C[C@@H]2[C@@H]3C=C(Br)[C@H]4[C@H]3C[C@H]2[C@@H]14. The Morgan fingerprint density at radius 3 is 2.92 bits per heavy atom.